The van der Waals surface area contributed by atoms with E-state index in [0.717, 1.165) is 33.8 Å². The van der Waals surface area contributed by atoms with E-state index >= 15 is 0 Å². The molecule has 0 saturated heterocycles. The van der Waals surface area contributed by atoms with Crippen molar-refractivity contribution in [3.05, 3.63) is 259 Å². The van der Waals surface area contributed by atoms with Gasteiger partial charge in [-0.3, -0.25) is 0 Å². The molecule has 1 aliphatic rings. The van der Waals surface area contributed by atoms with Gasteiger partial charge in [-0.05, 0) is 105 Å². The SMILES string of the molecule is C=C(/C=C\C=C/C)C1(c2ccccc2)c2ccccc2-c2ccc(N(c3ccc(-c4ccccc4)cc3)c3ccc(-c4ccccc4)cc3-c3ccccc3)cc21. The van der Waals surface area contributed by atoms with E-state index in [1.165, 1.54) is 50.1 Å². The first-order valence-electron chi connectivity index (χ1n) is 19.7. The zero-order valence-electron chi connectivity index (χ0n) is 32.1. The molecule has 1 unspecified atom stereocenters. The Balaban J connectivity index is 1.31. The second-order valence-corrected chi connectivity index (χ2v) is 14.5. The minimum atomic E-state index is -0.608. The normalized spacial score (nSPS) is 14.4. The fourth-order valence-electron chi connectivity index (χ4n) is 8.60. The summed E-state index contributed by atoms with van der Waals surface area (Å²) < 4.78 is 0. The Morgan fingerprint density at radius 3 is 1.63 bits per heavy atom. The van der Waals surface area contributed by atoms with Crippen LogP contribution in [-0.2, 0) is 5.41 Å². The first-order valence-corrected chi connectivity index (χ1v) is 19.7. The third-order valence-electron chi connectivity index (χ3n) is 11.2. The minimum absolute atomic E-state index is 0.608. The number of allylic oxidation sites excluding steroid dienone is 5. The average Bonchev–Trinajstić information content (AvgIpc) is 3.58. The lowest BCUT2D eigenvalue weighted by atomic mass is 9.67. The van der Waals surface area contributed by atoms with Crippen molar-refractivity contribution >= 4 is 17.1 Å². The van der Waals surface area contributed by atoms with Crippen LogP contribution in [0, 0.1) is 0 Å². The molecule has 0 aromatic heterocycles. The molecule has 0 aliphatic heterocycles. The molecule has 0 amide bonds. The van der Waals surface area contributed by atoms with Gasteiger partial charge >= 0.3 is 0 Å². The Kier molecular flexibility index (Phi) is 9.64. The number of rotatable bonds is 10. The number of hydrogen-bond donors (Lipinski definition) is 0. The van der Waals surface area contributed by atoms with Gasteiger partial charge in [-0.25, -0.2) is 0 Å². The van der Waals surface area contributed by atoms with E-state index in [1.807, 2.05) is 6.92 Å². The van der Waals surface area contributed by atoms with Crippen molar-refractivity contribution < 1.29 is 0 Å². The standard InChI is InChI=1S/C56H43N/c1-3-4-9-20-41(2)56(47-27-16-8-17-28-47)53-30-19-18-29-50(53)51-37-36-49(40-54(51)56)57(48-34-31-44(32-35-48)42-21-10-5-11-22-42)55-38-33-46(43-23-12-6-13-24-43)39-52(55)45-25-14-7-15-26-45/h3-40H,2H2,1H3/b4-3-,20-9-. The van der Waals surface area contributed by atoms with E-state index in [1.54, 1.807) is 0 Å². The highest BCUT2D eigenvalue weighted by Gasteiger charge is 2.46. The molecule has 1 nitrogen and oxygen atoms in total. The van der Waals surface area contributed by atoms with Crippen molar-refractivity contribution in [3.8, 4) is 44.5 Å². The fourth-order valence-corrected chi connectivity index (χ4v) is 8.60. The van der Waals surface area contributed by atoms with E-state index in [2.05, 4.69) is 235 Å². The van der Waals surface area contributed by atoms with Gasteiger partial charge in [0.1, 0.15) is 0 Å². The van der Waals surface area contributed by atoms with Crippen molar-refractivity contribution in [1.29, 1.82) is 0 Å². The molecule has 57 heavy (non-hydrogen) atoms. The third kappa shape index (κ3) is 6.44. The maximum atomic E-state index is 4.84. The lowest BCUT2D eigenvalue weighted by molar-refractivity contribution is 0.770. The Labute approximate surface area is 336 Å². The topological polar surface area (TPSA) is 3.24 Å². The molecule has 8 aromatic carbocycles. The molecule has 1 aliphatic carbocycles. The average molecular weight is 730 g/mol. The lowest BCUT2D eigenvalue weighted by Crippen LogP contribution is -2.28. The zero-order valence-corrected chi connectivity index (χ0v) is 32.1. The molecular formula is C56H43N. The van der Waals surface area contributed by atoms with Gasteiger partial charge < -0.3 is 4.90 Å². The maximum absolute atomic E-state index is 4.84. The number of benzene rings is 8. The summed E-state index contributed by atoms with van der Waals surface area (Å²) in [6, 6.07) is 74.7. The molecular weight excluding hydrogens is 687 g/mol. The van der Waals surface area contributed by atoms with Crippen LogP contribution in [0.1, 0.15) is 23.6 Å². The summed E-state index contributed by atoms with van der Waals surface area (Å²) in [5.74, 6) is 0. The van der Waals surface area contributed by atoms with Gasteiger partial charge in [-0.15, -0.1) is 0 Å². The van der Waals surface area contributed by atoms with E-state index in [0.29, 0.717) is 0 Å². The van der Waals surface area contributed by atoms with Gasteiger partial charge in [0.05, 0.1) is 11.1 Å². The van der Waals surface area contributed by atoms with Crippen LogP contribution in [0.4, 0.5) is 17.1 Å². The van der Waals surface area contributed by atoms with Crippen molar-refractivity contribution in [2.75, 3.05) is 4.90 Å². The highest BCUT2D eigenvalue weighted by Crippen LogP contribution is 2.57. The largest absolute Gasteiger partial charge is 0.310 e. The van der Waals surface area contributed by atoms with Crippen molar-refractivity contribution in [2.45, 2.75) is 12.3 Å². The summed E-state index contributed by atoms with van der Waals surface area (Å²) in [5, 5.41) is 0. The smallest absolute Gasteiger partial charge is 0.0708 e. The molecule has 0 fully saturated rings. The zero-order chi connectivity index (χ0) is 38.6. The summed E-state index contributed by atoms with van der Waals surface area (Å²) in [6.07, 6.45) is 8.43. The van der Waals surface area contributed by atoms with Gasteiger partial charge in [0.25, 0.3) is 0 Å². The number of anilines is 3. The van der Waals surface area contributed by atoms with Crippen LogP contribution in [0.15, 0.2) is 243 Å². The molecule has 272 valence electrons. The Morgan fingerprint density at radius 2 is 0.965 bits per heavy atom. The Bertz CT molecular complexity index is 2730. The summed E-state index contributed by atoms with van der Waals surface area (Å²) in [7, 11) is 0. The summed E-state index contributed by atoms with van der Waals surface area (Å²) in [5.41, 5.74) is 16.8. The first kappa shape index (κ1) is 35.5. The predicted octanol–water partition coefficient (Wildman–Crippen LogP) is 15.2. The second-order valence-electron chi connectivity index (χ2n) is 14.5. The first-order chi connectivity index (χ1) is 28.2. The summed E-state index contributed by atoms with van der Waals surface area (Å²) in [4.78, 5) is 2.43. The van der Waals surface area contributed by atoms with E-state index < -0.39 is 5.41 Å². The van der Waals surface area contributed by atoms with Crippen LogP contribution in [0.2, 0.25) is 0 Å². The number of hydrogen-bond acceptors (Lipinski definition) is 1. The lowest BCUT2D eigenvalue weighted by Gasteiger charge is -2.35. The van der Waals surface area contributed by atoms with Crippen molar-refractivity contribution in [2.24, 2.45) is 0 Å². The molecule has 9 rings (SSSR count). The quantitative estimate of drug-likeness (QED) is 0.127. The monoisotopic (exact) mass is 729 g/mol. The molecule has 1 atom stereocenters. The molecule has 8 aromatic rings. The maximum Gasteiger partial charge on any atom is 0.0708 e. The molecule has 0 saturated carbocycles. The Hall–Kier alpha value is -7.22. The van der Waals surface area contributed by atoms with Crippen LogP contribution < -0.4 is 4.90 Å². The van der Waals surface area contributed by atoms with Gasteiger partial charge in [-0.2, -0.15) is 0 Å². The van der Waals surface area contributed by atoms with Crippen LogP contribution in [-0.4, -0.2) is 0 Å². The predicted molar refractivity (Wildman–Crippen MR) is 242 cm³/mol. The second kappa shape index (κ2) is 15.5. The van der Waals surface area contributed by atoms with Gasteiger partial charge in [0.15, 0.2) is 0 Å². The number of nitrogens with zero attached hydrogens (tertiary/aromatic N) is 1. The Morgan fingerprint density at radius 1 is 0.439 bits per heavy atom. The highest BCUT2D eigenvalue weighted by atomic mass is 15.1. The van der Waals surface area contributed by atoms with Crippen molar-refractivity contribution in [3.63, 3.8) is 0 Å². The van der Waals surface area contributed by atoms with Crippen LogP contribution >= 0.6 is 0 Å². The van der Waals surface area contributed by atoms with E-state index in [-0.39, 0.29) is 0 Å². The van der Waals surface area contributed by atoms with Gasteiger partial charge in [0.2, 0.25) is 0 Å². The summed E-state index contributed by atoms with van der Waals surface area (Å²) in [6.45, 7) is 6.89. The fraction of sp³-hybridized carbons (Fsp3) is 0.0357. The highest BCUT2D eigenvalue weighted by molar-refractivity contribution is 5.94. The van der Waals surface area contributed by atoms with Gasteiger partial charge in [-0.1, -0.05) is 201 Å². The molecule has 0 radical (unpaired) electrons. The van der Waals surface area contributed by atoms with Crippen molar-refractivity contribution in [1.82, 2.24) is 0 Å². The van der Waals surface area contributed by atoms with Gasteiger partial charge in [0, 0.05) is 16.9 Å². The molecule has 0 heterocycles. The third-order valence-corrected chi connectivity index (χ3v) is 11.2. The molecule has 1 heteroatoms. The van der Waals surface area contributed by atoms with Crippen LogP contribution in [0.5, 0.6) is 0 Å². The summed E-state index contributed by atoms with van der Waals surface area (Å²) >= 11 is 0. The number of fused-ring (bicyclic) bond motifs is 3. The van der Waals surface area contributed by atoms with Crippen LogP contribution in [0.3, 0.4) is 0 Å². The van der Waals surface area contributed by atoms with E-state index in [4.69, 9.17) is 6.58 Å². The molecule has 0 N–H and O–H groups in total. The molecule has 0 spiro atoms. The molecule has 0 bridgehead atoms. The van der Waals surface area contributed by atoms with E-state index in [9.17, 15) is 0 Å². The van der Waals surface area contributed by atoms with Crippen LogP contribution in [0.25, 0.3) is 44.5 Å². The minimum Gasteiger partial charge on any atom is -0.310 e.